The van der Waals surface area contributed by atoms with Crippen LogP contribution in [-0.2, 0) is 68.2 Å². The molecule has 0 radical (unpaired) electrons. The maximum atomic E-state index is 11.6. The molecule has 0 aliphatic carbocycles. The van der Waals surface area contributed by atoms with Gasteiger partial charge in [0, 0.05) is 12.8 Å². The molecular formula is C65H106O19. The van der Waals surface area contributed by atoms with Crippen molar-refractivity contribution in [2.75, 3.05) is 0 Å². The first-order valence-electron chi connectivity index (χ1n) is 29.9. The lowest BCUT2D eigenvalue weighted by atomic mass is 10.1. The molecule has 2 unspecified atom stereocenters. The van der Waals surface area contributed by atoms with Crippen molar-refractivity contribution in [3.8, 4) is 0 Å². The Labute approximate surface area is 502 Å². The molecule has 19 nitrogen and oxygen atoms in total. The molecule has 0 heterocycles. The van der Waals surface area contributed by atoms with Crippen molar-refractivity contribution in [2.45, 2.75) is 273 Å². The minimum atomic E-state index is -1.27. The molecular weight excluding hydrogens is 1080 g/mol. The Bertz CT molecular complexity index is 1970. The van der Waals surface area contributed by atoms with Crippen LogP contribution in [0.2, 0.25) is 0 Å². The number of benzene rings is 3. The summed E-state index contributed by atoms with van der Waals surface area (Å²) < 4.78 is 0. The smallest absolute Gasteiger partial charge is 0.292 e. The number of rotatable bonds is 32. The lowest BCUT2D eigenvalue weighted by Crippen LogP contribution is -2.38. The standard InChI is InChI=1S/C24H46O4.C14H10O4.C11H14O3.C8H18O6.C8H18O2/c1-3-5-7-9-11-13-15-17-19-21-23(25)27-28-24(26)22-20-18-16-14-12-10-8-6-4-2;15-13(11-7-3-1-4-8-11)17-18-14(16)12-9-5-2-6-10-12;1-11(2,3)14-13-10(12)9-7-5-4-6-8-9;1-5-7(3,11-9)13-14-8(4,6-2)12-10;1-7(2,3)9-10-8(4,5)6/h3-22H2,1-2H3;1-10H;4-8H,1-3H3;9-10H,5-6H2,1-4H3;1-6H3. The number of hydrogen-bond acceptors (Lipinski definition) is 19. The molecule has 0 aliphatic heterocycles. The third kappa shape index (κ3) is 49.0. The van der Waals surface area contributed by atoms with Crippen LogP contribution in [0.5, 0.6) is 0 Å². The molecule has 0 saturated heterocycles. The van der Waals surface area contributed by atoms with E-state index in [9.17, 15) is 24.0 Å². The summed E-state index contributed by atoms with van der Waals surface area (Å²) in [6, 6.07) is 25.3. The summed E-state index contributed by atoms with van der Waals surface area (Å²) in [6.45, 7) is 28.1. The van der Waals surface area contributed by atoms with Crippen LogP contribution in [0.4, 0.5) is 0 Å². The Morgan fingerprint density at radius 1 is 0.321 bits per heavy atom. The molecule has 0 aromatic heterocycles. The molecule has 3 rings (SSSR count). The molecule has 2 N–H and O–H groups in total. The van der Waals surface area contributed by atoms with E-state index in [0.717, 1.165) is 38.5 Å². The highest BCUT2D eigenvalue weighted by atomic mass is 17.3. The molecule has 0 bridgehead atoms. The normalized spacial score (nSPS) is 12.5. The van der Waals surface area contributed by atoms with Crippen LogP contribution < -0.4 is 0 Å². The van der Waals surface area contributed by atoms with Gasteiger partial charge in [-0.25, -0.2) is 73.6 Å². The molecule has 0 saturated carbocycles. The highest BCUT2D eigenvalue weighted by molar-refractivity contribution is 5.92. The summed E-state index contributed by atoms with van der Waals surface area (Å²) in [5.41, 5.74) is 0.207. The summed E-state index contributed by atoms with van der Waals surface area (Å²) in [5, 5.41) is 17.0. The van der Waals surface area contributed by atoms with Crippen LogP contribution in [0.25, 0.3) is 0 Å². The Balaban J connectivity index is 0. The predicted molar refractivity (Wildman–Crippen MR) is 321 cm³/mol. The van der Waals surface area contributed by atoms with Gasteiger partial charge >= 0.3 is 29.8 Å². The van der Waals surface area contributed by atoms with E-state index in [1.165, 1.54) is 90.9 Å². The maximum Gasteiger partial charge on any atom is 0.386 e. The fourth-order valence-electron chi connectivity index (χ4n) is 6.15. The van der Waals surface area contributed by atoms with Crippen LogP contribution in [-0.4, -0.2) is 68.7 Å². The first-order valence-corrected chi connectivity index (χ1v) is 29.9. The van der Waals surface area contributed by atoms with E-state index < -0.39 is 47.0 Å². The van der Waals surface area contributed by atoms with Crippen molar-refractivity contribution >= 4 is 29.8 Å². The van der Waals surface area contributed by atoms with Gasteiger partial charge in [-0.15, -0.1) is 0 Å². The van der Waals surface area contributed by atoms with Gasteiger partial charge in [0.05, 0.1) is 40.7 Å². The minimum Gasteiger partial charge on any atom is -0.292 e. The van der Waals surface area contributed by atoms with Gasteiger partial charge in [0.25, 0.3) is 0 Å². The number of carbonyl (C=O) groups excluding carboxylic acids is 5. The van der Waals surface area contributed by atoms with Crippen LogP contribution in [0, 0.1) is 0 Å². The highest BCUT2D eigenvalue weighted by Crippen LogP contribution is 2.23. The quantitative estimate of drug-likeness (QED) is 0.0256. The van der Waals surface area contributed by atoms with Gasteiger partial charge < -0.3 is 0 Å². The lowest BCUT2D eigenvalue weighted by molar-refractivity contribution is -0.566. The van der Waals surface area contributed by atoms with Crippen molar-refractivity contribution in [1.82, 2.24) is 0 Å². The predicted octanol–water partition coefficient (Wildman–Crippen LogP) is 17.7. The molecule has 0 spiro atoms. The van der Waals surface area contributed by atoms with Gasteiger partial charge in [-0.3, -0.25) is 4.89 Å². The summed E-state index contributed by atoms with van der Waals surface area (Å²) in [7, 11) is 0. The van der Waals surface area contributed by atoms with Gasteiger partial charge in [0.2, 0.25) is 11.6 Å². The Hall–Kier alpha value is -5.35. The average Bonchev–Trinajstić information content (AvgIpc) is 3.55. The van der Waals surface area contributed by atoms with Crippen molar-refractivity contribution in [1.29, 1.82) is 0 Å². The SMILES string of the molecule is CC(C)(C)OOC(=O)c1ccccc1.CC(C)(C)OOC(C)(C)C.CCC(C)(OO)OOC(C)(CC)OO.CCCCCCCCCCCC(=O)OOC(=O)CCCCCCCCCCC.O=C(OOC(=O)c1ccccc1)c1ccccc1. The molecule has 0 fully saturated rings. The van der Waals surface area contributed by atoms with Gasteiger partial charge in [0.15, 0.2) is 0 Å². The molecule has 19 heteroatoms. The van der Waals surface area contributed by atoms with E-state index in [-0.39, 0.29) is 11.2 Å². The van der Waals surface area contributed by atoms with Crippen molar-refractivity contribution < 1.29 is 93.1 Å². The Morgan fingerprint density at radius 3 is 0.810 bits per heavy atom. The first-order chi connectivity index (χ1) is 39.6. The molecule has 0 amide bonds. The van der Waals surface area contributed by atoms with E-state index in [2.05, 4.69) is 48.1 Å². The fourth-order valence-corrected chi connectivity index (χ4v) is 6.15. The second kappa shape index (κ2) is 47.8. The van der Waals surface area contributed by atoms with Gasteiger partial charge in [-0.2, -0.15) is 14.7 Å². The monoisotopic (exact) mass is 1190 g/mol. The zero-order valence-corrected chi connectivity index (χ0v) is 53.6. The summed E-state index contributed by atoms with van der Waals surface area (Å²) in [6.07, 6.45) is 23.1. The van der Waals surface area contributed by atoms with Gasteiger partial charge in [-0.1, -0.05) is 185 Å². The molecule has 3 aromatic rings. The van der Waals surface area contributed by atoms with Crippen molar-refractivity contribution in [2.24, 2.45) is 0 Å². The van der Waals surface area contributed by atoms with E-state index in [1.54, 1.807) is 98.8 Å². The second-order valence-electron chi connectivity index (χ2n) is 23.2. The summed E-state index contributed by atoms with van der Waals surface area (Å²) >= 11 is 0. The number of unbranched alkanes of at least 4 members (excludes halogenated alkanes) is 16. The summed E-state index contributed by atoms with van der Waals surface area (Å²) in [4.78, 5) is 113. The van der Waals surface area contributed by atoms with Crippen LogP contribution in [0.15, 0.2) is 91.0 Å². The fraction of sp³-hybridized carbons (Fsp3) is 0.646. The van der Waals surface area contributed by atoms with Crippen molar-refractivity contribution in [3.05, 3.63) is 108 Å². The maximum absolute atomic E-state index is 11.6. The molecule has 3 aromatic carbocycles. The third-order valence-corrected chi connectivity index (χ3v) is 11.4. The second-order valence-corrected chi connectivity index (χ2v) is 23.2. The zero-order chi connectivity index (χ0) is 63.8. The van der Waals surface area contributed by atoms with E-state index >= 15 is 0 Å². The Morgan fingerprint density at radius 2 is 0.571 bits per heavy atom. The third-order valence-electron chi connectivity index (χ3n) is 11.4. The summed E-state index contributed by atoms with van der Waals surface area (Å²) in [5.74, 6) is -5.28. The molecule has 84 heavy (non-hydrogen) atoms. The first kappa shape index (κ1) is 80.7. The Kier molecular flexibility index (Phi) is 46.0. The topological polar surface area (TPSA) is 237 Å². The van der Waals surface area contributed by atoms with Gasteiger partial charge in [0.1, 0.15) is 5.60 Å². The number of carbonyl (C=O) groups is 5. The van der Waals surface area contributed by atoms with Crippen LogP contribution in [0.1, 0.15) is 276 Å². The molecule has 480 valence electrons. The van der Waals surface area contributed by atoms with Crippen LogP contribution >= 0.6 is 0 Å². The van der Waals surface area contributed by atoms with Crippen molar-refractivity contribution in [3.63, 3.8) is 0 Å². The molecule has 2 atom stereocenters. The number of hydrogen-bond donors (Lipinski definition) is 2. The highest BCUT2D eigenvalue weighted by Gasteiger charge is 2.33. The minimum absolute atomic E-state index is 0.215. The zero-order valence-electron chi connectivity index (χ0n) is 53.6. The van der Waals surface area contributed by atoms with E-state index in [4.69, 9.17) is 35.0 Å². The van der Waals surface area contributed by atoms with Crippen LogP contribution in [0.3, 0.4) is 0 Å². The largest absolute Gasteiger partial charge is 0.386 e. The molecule has 0 aliphatic rings. The lowest BCUT2D eigenvalue weighted by Gasteiger charge is -2.29. The van der Waals surface area contributed by atoms with E-state index in [0.29, 0.717) is 42.4 Å². The average molecular weight is 1190 g/mol. The van der Waals surface area contributed by atoms with E-state index in [1.807, 2.05) is 68.4 Å². The van der Waals surface area contributed by atoms with Gasteiger partial charge in [-0.05, 0) is 125 Å².